The van der Waals surface area contributed by atoms with Crippen molar-refractivity contribution in [3.8, 4) is 0 Å². The molecule has 1 heterocycles. The molecule has 1 amide bonds. The van der Waals surface area contributed by atoms with E-state index in [2.05, 4.69) is 0 Å². The van der Waals surface area contributed by atoms with Crippen LogP contribution in [0.3, 0.4) is 0 Å². The fraction of sp³-hybridized carbons (Fsp3) is 0.417. The fourth-order valence-corrected chi connectivity index (χ4v) is 2.09. The van der Waals surface area contributed by atoms with Gasteiger partial charge in [0.05, 0.1) is 6.04 Å². The molecular formula is C12H15NO2. The van der Waals surface area contributed by atoms with Crippen LogP contribution in [-0.4, -0.2) is 29.1 Å². The van der Waals surface area contributed by atoms with Crippen molar-refractivity contribution < 1.29 is 9.90 Å². The first-order valence-corrected chi connectivity index (χ1v) is 5.26. The maximum Gasteiger partial charge on any atom is 0.254 e. The lowest BCUT2D eigenvalue weighted by atomic mass is 10.1. The highest BCUT2D eigenvalue weighted by Crippen LogP contribution is 2.32. The summed E-state index contributed by atoms with van der Waals surface area (Å²) in [4.78, 5) is 13.8. The average molecular weight is 205 g/mol. The molecule has 1 aromatic rings. The molecule has 3 nitrogen and oxygen atoms in total. The van der Waals surface area contributed by atoms with Crippen LogP contribution in [0.1, 0.15) is 35.3 Å². The zero-order valence-corrected chi connectivity index (χ0v) is 8.81. The highest BCUT2D eigenvalue weighted by atomic mass is 16.3. The summed E-state index contributed by atoms with van der Waals surface area (Å²) in [5.74, 6) is 0.0894. The molecule has 0 aromatic heterocycles. The van der Waals surface area contributed by atoms with Crippen LogP contribution in [0.15, 0.2) is 24.3 Å². The lowest BCUT2D eigenvalue weighted by molar-refractivity contribution is 0.0725. The van der Waals surface area contributed by atoms with E-state index in [-0.39, 0.29) is 18.6 Å². The Morgan fingerprint density at radius 3 is 2.80 bits per heavy atom. The number of carbonyl (C=O) groups excluding carboxylic acids is 1. The van der Waals surface area contributed by atoms with Crippen molar-refractivity contribution in [2.45, 2.75) is 19.4 Å². The Morgan fingerprint density at radius 2 is 2.13 bits per heavy atom. The number of aliphatic hydroxyl groups excluding tert-OH is 1. The number of carbonyl (C=O) groups is 1. The SMILES string of the molecule is CC1c2ccccc2C(=O)N1CCCO. The number of hydrogen-bond acceptors (Lipinski definition) is 2. The summed E-state index contributed by atoms with van der Waals surface area (Å²) in [6.07, 6.45) is 0.643. The van der Waals surface area contributed by atoms with Crippen LogP contribution in [0.25, 0.3) is 0 Å². The van der Waals surface area contributed by atoms with Crippen molar-refractivity contribution in [2.75, 3.05) is 13.2 Å². The molecule has 1 N–H and O–H groups in total. The molecule has 1 unspecified atom stereocenters. The predicted octanol–water partition coefficient (Wildman–Crippen LogP) is 1.59. The number of hydrogen-bond donors (Lipinski definition) is 1. The number of benzene rings is 1. The van der Waals surface area contributed by atoms with Gasteiger partial charge in [-0.25, -0.2) is 0 Å². The number of fused-ring (bicyclic) bond motifs is 1. The van der Waals surface area contributed by atoms with E-state index in [1.807, 2.05) is 36.1 Å². The smallest absolute Gasteiger partial charge is 0.254 e. The van der Waals surface area contributed by atoms with Crippen molar-refractivity contribution in [3.05, 3.63) is 35.4 Å². The molecule has 1 aliphatic heterocycles. The van der Waals surface area contributed by atoms with Crippen LogP contribution in [0, 0.1) is 0 Å². The van der Waals surface area contributed by atoms with E-state index < -0.39 is 0 Å². The molecule has 2 rings (SSSR count). The highest BCUT2D eigenvalue weighted by molar-refractivity contribution is 5.99. The monoisotopic (exact) mass is 205 g/mol. The van der Waals surface area contributed by atoms with Gasteiger partial charge in [-0.1, -0.05) is 18.2 Å². The van der Waals surface area contributed by atoms with Crippen molar-refractivity contribution >= 4 is 5.91 Å². The Bertz CT molecular complexity index is 376. The Labute approximate surface area is 89.3 Å². The van der Waals surface area contributed by atoms with E-state index in [0.717, 1.165) is 11.1 Å². The van der Waals surface area contributed by atoms with Gasteiger partial charge in [0.1, 0.15) is 0 Å². The van der Waals surface area contributed by atoms with E-state index >= 15 is 0 Å². The van der Waals surface area contributed by atoms with Gasteiger partial charge in [-0.2, -0.15) is 0 Å². The lowest BCUT2D eigenvalue weighted by Gasteiger charge is -2.21. The third kappa shape index (κ3) is 1.63. The predicted molar refractivity (Wildman–Crippen MR) is 57.6 cm³/mol. The summed E-state index contributed by atoms with van der Waals surface area (Å²) >= 11 is 0. The maximum absolute atomic E-state index is 12.0. The topological polar surface area (TPSA) is 40.5 Å². The van der Waals surface area contributed by atoms with Gasteiger partial charge in [0.2, 0.25) is 0 Å². The first-order chi connectivity index (χ1) is 7.25. The molecule has 0 saturated heterocycles. The van der Waals surface area contributed by atoms with Crippen molar-refractivity contribution in [2.24, 2.45) is 0 Å². The molecule has 1 aromatic carbocycles. The number of rotatable bonds is 3. The normalized spacial score (nSPS) is 19.5. The highest BCUT2D eigenvalue weighted by Gasteiger charge is 2.32. The van der Waals surface area contributed by atoms with Gasteiger partial charge >= 0.3 is 0 Å². The maximum atomic E-state index is 12.0. The number of amides is 1. The summed E-state index contributed by atoms with van der Waals surface area (Å²) in [5.41, 5.74) is 1.91. The van der Waals surface area contributed by atoms with Gasteiger partial charge in [0.25, 0.3) is 5.91 Å². The second kappa shape index (κ2) is 4.03. The van der Waals surface area contributed by atoms with Crippen LogP contribution >= 0.6 is 0 Å². The second-order valence-corrected chi connectivity index (χ2v) is 3.84. The Morgan fingerprint density at radius 1 is 1.40 bits per heavy atom. The minimum absolute atomic E-state index is 0.0894. The molecule has 0 fully saturated rings. The summed E-state index contributed by atoms with van der Waals surface area (Å²) in [5, 5.41) is 8.78. The van der Waals surface area contributed by atoms with Gasteiger partial charge < -0.3 is 10.0 Å². The zero-order valence-electron chi connectivity index (χ0n) is 8.81. The molecule has 0 radical (unpaired) electrons. The minimum Gasteiger partial charge on any atom is -0.396 e. The van der Waals surface area contributed by atoms with E-state index in [9.17, 15) is 4.79 Å². The standard InChI is InChI=1S/C12H15NO2/c1-9-10-5-2-3-6-11(10)12(15)13(9)7-4-8-14/h2-3,5-6,9,14H,4,7-8H2,1H3. The molecule has 0 aliphatic carbocycles. The molecule has 0 bridgehead atoms. The van der Waals surface area contributed by atoms with Gasteiger partial charge in [-0.05, 0) is 25.0 Å². The van der Waals surface area contributed by atoms with Crippen LogP contribution in [0.4, 0.5) is 0 Å². The molecule has 0 saturated carbocycles. The summed E-state index contributed by atoms with van der Waals surface area (Å²) in [6.45, 7) is 2.79. The first kappa shape index (κ1) is 10.2. The summed E-state index contributed by atoms with van der Waals surface area (Å²) in [7, 11) is 0. The van der Waals surface area contributed by atoms with Gasteiger partial charge in [0.15, 0.2) is 0 Å². The van der Waals surface area contributed by atoms with Crippen LogP contribution in [0.5, 0.6) is 0 Å². The van der Waals surface area contributed by atoms with E-state index in [4.69, 9.17) is 5.11 Å². The molecule has 1 aliphatic rings. The van der Waals surface area contributed by atoms with E-state index in [0.29, 0.717) is 13.0 Å². The van der Waals surface area contributed by atoms with E-state index in [1.165, 1.54) is 0 Å². The largest absolute Gasteiger partial charge is 0.396 e. The van der Waals surface area contributed by atoms with Crippen molar-refractivity contribution in [1.29, 1.82) is 0 Å². The van der Waals surface area contributed by atoms with E-state index in [1.54, 1.807) is 0 Å². The van der Waals surface area contributed by atoms with Crippen LogP contribution < -0.4 is 0 Å². The molecule has 1 atom stereocenters. The first-order valence-electron chi connectivity index (χ1n) is 5.26. The Balaban J connectivity index is 2.25. The zero-order chi connectivity index (χ0) is 10.8. The van der Waals surface area contributed by atoms with Gasteiger partial charge in [0, 0.05) is 18.7 Å². The molecule has 15 heavy (non-hydrogen) atoms. The van der Waals surface area contributed by atoms with Crippen LogP contribution in [-0.2, 0) is 0 Å². The summed E-state index contributed by atoms with van der Waals surface area (Å²) in [6, 6.07) is 7.85. The Hall–Kier alpha value is -1.35. The third-order valence-electron chi connectivity index (χ3n) is 2.93. The minimum atomic E-state index is 0.0894. The average Bonchev–Trinajstić information content (AvgIpc) is 2.51. The van der Waals surface area contributed by atoms with Crippen LogP contribution in [0.2, 0.25) is 0 Å². The fourth-order valence-electron chi connectivity index (χ4n) is 2.09. The third-order valence-corrected chi connectivity index (χ3v) is 2.93. The molecule has 80 valence electrons. The quantitative estimate of drug-likeness (QED) is 0.814. The van der Waals surface area contributed by atoms with Crippen molar-refractivity contribution in [3.63, 3.8) is 0 Å². The number of aliphatic hydroxyl groups is 1. The van der Waals surface area contributed by atoms with Gasteiger partial charge in [-0.15, -0.1) is 0 Å². The lowest BCUT2D eigenvalue weighted by Crippen LogP contribution is -2.28. The molecular weight excluding hydrogens is 190 g/mol. The Kier molecular flexibility index (Phi) is 2.73. The second-order valence-electron chi connectivity index (χ2n) is 3.84. The summed E-state index contributed by atoms with van der Waals surface area (Å²) < 4.78 is 0. The van der Waals surface area contributed by atoms with Gasteiger partial charge in [-0.3, -0.25) is 4.79 Å². The molecule has 0 spiro atoms. The van der Waals surface area contributed by atoms with Crippen molar-refractivity contribution in [1.82, 2.24) is 4.90 Å². The number of nitrogens with zero attached hydrogens (tertiary/aromatic N) is 1. The molecule has 3 heteroatoms.